The van der Waals surface area contributed by atoms with Gasteiger partial charge in [0.15, 0.2) is 0 Å². The van der Waals surface area contributed by atoms with Crippen molar-refractivity contribution in [3.63, 3.8) is 0 Å². The number of likely N-dealkylation sites (tertiary alicyclic amines) is 1. The number of aromatic amines is 1. The van der Waals surface area contributed by atoms with E-state index in [1.54, 1.807) is 0 Å². The average molecular weight is 445 g/mol. The van der Waals surface area contributed by atoms with Gasteiger partial charge in [-0.2, -0.15) is 0 Å². The average Bonchev–Trinajstić information content (AvgIpc) is 3.38. The minimum Gasteiger partial charge on any atom is -0.394 e. The molecule has 2 heterocycles. The van der Waals surface area contributed by atoms with Gasteiger partial charge < -0.3 is 20.7 Å². The van der Waals surface area contributed by atoms with Crippen molar-refractivity contribution in [2.45, 2.75) is 18.9 Å². The maximum Gasteiger partial charge on any atom is 0.271 e. The number of nitrogens with two attached hydrogens (primary N) is 2. The number of benzene rings is 2. The Morgan fingerprint density at radius 2 is 1.94 bits per heavy atom. The lowest BCUT2D eigenvalue weighted by atomic mass is 10.1. The second kappa shape index (κ2) is 8.56. The van der Waals surface area contributed by atoms with E-state index in [0.717, 1.165) is 29.8 Å². The van der Waals surface area contributed by atoms with E-state index in [-0.39, 0.29) is 40.6 Å². The Labute approximate surface area is 181 Å². The monoisotopic (exact) mass is 445 g/mol. The van der Waals surface area contributed by atoms with Gasteiger partial charge in [0.25, 0.3) is 5.91 Å². The second-order valence-electron chi connectivity index (χ2n) is 7.63. The van der Waals surface area contributed by atoms with Crippen molar-refractivity contribution >= 4 is 22.5 Å². The first kappa shape index (κ1) is 21.7. The van der Waals surface area contributed by atoms with E-state index in [1.807, 2.05) is 0 Å². The molecule has 1 aromatic heterocycles. The van der Waals surface area contributed by atoms with Crippen LogP contribution in [0.1, 0.15) is 12.8 Å². The van der Waals surface area contributed by atoms with Crippen molar-refractivity contribution in [2.75, 3.05) is 18.2 Å². The Morgan fingerprint density at radius 1 is 1.22 bits per heavy atom. The number of fused-ring (bicyclic) bond motifs is 1. The summed E-state index contributed by atoms with van der Waals surface area (Å²) >= 11 is 0. The topological polar surface area (TPSA) is 112 Å². The molecule has 1 amide bonds. The van der Waals surface area contributed by atoms with Crippen LogP contribution in [0.2, 0.25) is 0 Å². The van der Waals surface area contributed by atoms with Crippen LogP contribution in [0, 0.1) is 17.5 Å². The van der Waals surface area contributed by atoms with Gasteiger partial charge in [0, 0.05) is 23.6 Å². The Balaban J connectivity index is 1.79. The van der Waals surface area contributed by atoms with Crippen molar-refractivity contribution in [3.05, 3.63) is 65.7 Å². The molecule has 0 radical (unpaired) electrons. The number of H-pyrrole nitrogens is 1. The van der Waals surface area contributed by atoms with Crippen LogP contribution in [-0.4, -0.2) is 40.1 Å². The number of halogens is 3. The van der Waals surface area contributed by atoms with Crippen LogP contribution in [0.15, 0.2) is 48.3 Å². The highest BCUT2D eigenvalue weighted by Crippen LogP contribution is 2.38. The smallest absolute Gasteiger partial charge is 0.271 e. The quantitative estimate of drug-likeness (QED) is 0.274. The molecule has 7 nitrogen and oxygen atoms in total. The predicted octanol–water partition coefficient (Wildman–Crippen LogP) is 2.72. The van der Waals surface area contributed by atoms with Gasteiger partial charge in [0.2, 0.25) is 0 Å². The summed E-state index contributed by atoms with van der Waals surface area (Å²) in [4.78, 5) is 17.1. The summed E-state index contributed by atoms with van der Waals surface area (Å²) in [6.45, 7) is 0.272. The van der Waals surface area contributed by atoms with E-state index < -0.39 is 23.4 Å². The number of hydrogen-bond donors (Lipinski definition) is 4. The number of amides is 1. The molecule has 1 fully saturated rings. The number of hydrogen-bond acceptors (Lipinski definition) is 5. The summed E-state index contributed by atoms with van der Waals surface area (Å²) in [5.74, 6) is 3.58. The summed E-state index contributed by atoms with van der Waals surface area (Å²) in [6, 6.07) is 6.86. The number of carbonyl (C=O) groups is 1. The molecule has 0 aliphatic carbocycles. The lowest BCUT2D eigenvalue weighted by molar-refractivity contribution is -0.128. The van der Waals surface area contributed by atoms with E-state index in [0.29, 0.717) is 18.5 Å². The molecule has 0 saturated carbocycles. The third-order valence-electron chi connectivity index (χ3n) is 5.56. The fraction of sp³-hybridized carbons (Fsp3) is 0.227. The first-order valence-corrected chi connectivity index (χ1v) is 10.00. The van der Waals surface area contributed by atoms with Crippen molar-refractivity contribution in [3.8, 4) is 11.3 Å². The van der Waals surface area contributed by atoms with Crippen LogP contribution in [0.3, 0.4) is 0 Å². The van der Waals surface area contributed by atoms with E-state index in [2.05, 4.69) is 4.98 Å². The zero-order valence-corrected chi connectivity index (χ0v) is 17.0. The number of nitrogens with one attached hydrogen (secondary N) is 1. The Hall–Kier alpha value is -3.50. The molecule has 32 heavy (non-hydrogen) atoms. The zero-order valence-electron chi connectivity index (χ0n) is 17.0. The highest BCUT2D eigenvalue weighted by atomic mass is 19.1. The lowest BCUT2D eigenvalue weighted by Crippen LogP contribution is -2.41. The molecule has 10 heteroatoms. The number of aromatic nitrogens is 1. The molecule has 1 atom stereocenters. The van der Waals surface area contributed by atoms with Crippen molar-refractivity contribution in [1.29, 1.82) is 0 Å². The second-order valence-corrected chi connectivity index (χ2v) is 7.63. The zero-order chi connectivity index (χ0) is 23.0. The largest absolute Gasteiger partial charge is 0.394 e. The van der Waals surface area contributed by atoms with Crippen molar-refractivity contribution < 1.29 is 23.1 Å². The van der Waals surface area contributed by atoms with Gasteiger partial charge >= 0.3 is 0 Å². The molecule has 168 valence electrons. The van der Waals surface area contributed by atoms with E-state index in [1.165, 1.54) is 29.2 Å². The molecule has 2 aromatic carbocycles. The highest BCUT2D eigenvalue weighted by Gasteiger charge is 2.29. The molecule has 3 aromatic rings. The Kier molecular flexibility index (Phi) is 5.81. The fourth-order valence-corrected chi connectivity index (χ4v) is 4.03. The summed E-state index contributed by atoms with van der Waals surface area (Å²) < 4.78 is 41.9. The third-order valence-corrected chi connectivity index (χ3v) is 5.56. The molecule has 4 rings (SSSR count). The Morgan fingerprint density at radius 3 is 2.62 bits per heavy atom. The summed E-state index contributed by atoms with van der Waals surface area (Å²) in [6.07, 6.45) is 2.57. The standard InChI is InChI=1S/C22H22F3N5O2/c23-13-5-3-12(4-6-13)19-21(16-8-14(24)9-17(25)20(16)28-19)30(27)10-18(26)22(32)29-7-1-2-15(29)11-31/h3-6,8-10,15,28,31H,1-2,7,11,26-27H2/b18-10-. The van der Waals surface area contributed by atoms with E-state index in [4.69, 9.17) is 11.6 Å². The molecule has 1 saturated heterocycles. The van der Waals surface area contributed by atoms with Gasteiger partial charge in [-0.15, -0.1) is 0 Å². The molecular weight excluding hydrogens is 423 g/mol. The molecule has 6 N–H and O–H groups in total. The van der Waals surface area contributed by atoms with Gasteiger partial charge in [-0.3, -0.25) is 9.80 Å². The number of nitrogens with zero attached hydrogens (tertiary/aromatic N) is 2. The highest BCUT2D eigenvalue weighted by molar-refractivity contribution is 6.02. The third kappa shape index (κ3) is 3.90. The summed E-state index contributed by atoms with van der Waals surface area (Å²) in [7, 11) is 0. The Bertz CT molecular complexity index is 1190. The van der Waals surface area contributed by atoms with Crippen molar-refractivity contribution in [2.24, 2.45) is 11.6 Å². The fourth-order valence-electron chi connectivity index (χ4n) is 4.03. The van der Waals surface area contributed by atoms with Crippen LogP contribution >= 0.6 is 0 Å². The molecular formula is C22H22F3N5O2. The van der Waals surface area contributed by atoms with Crippen LogP contribution in [0.5, 0.6) is 0 Å². The number of aliphatic hydroxyl groups is 1. The van der Waals surface area contributed by atoms with E-state index in [9.17, 15) is 23.1 Å². The minimum atomic E-state index is -0.834. The molecule has 1 unspecified atom stereocenters. The van der Waals surface area contributed by atoms with Crippen LogP contribution in [-0.2, 0) is 4.79 Å². The maximum atomic E-state index is 14.4. The van der Waals surface area contributed by atoms with E-state index >= 15 is 0 Å². The summed E-state index contributed by atoms with van der Waals surface area (Å²) in [5, 5.41) is 10.6. The van der Waals surface area contributed by atoms with Crippen LogP contribution in [0.25, 0.3) is 22.2 Å². The van der Waals surface area contributed by atoms with Gasteiger partial charge in [-0.25, -0.2) is 19.0 Å². The number of anilines is 1. The number of hydrazine groups is 1. The number of carbonyl (C=O) groups excluding carboxylic acids is 1. The molecule has 1 aliphatic rings. The van der Waals surface area contributed by atoms with Gasteiger partial charge in [0.1, 0.15) is 23.1 Å². The number of rotatable bonds is 5. The van der Waals surface area contributed by atoms with Crippen LogP contribution in [0.4, 0.5) is 18.9 Å². The normalized spacial score (nSPS) is 16.7. The van der Waals surface area contributed by atoms with Crippen molar-refractivity contribution in [1.82, 2.24) is 9.88 Å². The molecule has 1 aliphatic heterocycles. The predicted molar refractivity (Wildman–Crippen MR) is 114 cm³/mol. The maximum absolute atomic E-state index is 14.4. The summed E-state index contributed by atoms with van der Waals surface area (Å²) in [5.41, 5.74) is 6.69. The first-order valence-electron chi connectivity index (χ1n) is 10.00. The number of aliphatic hydroxyl groups excluding tert-OH is 1. The molecule has 0 bridgehead atoms. The lowest BCUT2D eigenvalue weighted by Gasteiger charge is -2.24. The van der Waals surface area contributed by atoms with Gasteiger partial charge in [-0.05, 0) is 43.2 Å². The first-order chi connectivity index (χ1) is 15.3. The minimum absolute atomic E-state index is 0.00522. The van der Waals surface area contributed by atoms with Gasteiger partial charge in [-0.1, -0.05) is 0 Å². The van der Waals surface area contributed by atoms with Crippen LogP contribution < -0.4 is 16.6 Å². The SMILES string of the molecule is N/C(=C\N(N)c1c(-c2ccc(F)cc2)[nH]c2c(F)cc(F)cc12)C(=O)N1CCCC1CO. The molecule has 0 spiro atoms. The van der Waals surface area contributed by atoms with Gasteiger partial charge in [0.05, 0.1) is 35.7 Å².